The van der Waals surface area contributed by atoms with Gasteiger partial charge in [0.05, 0.1) is 17.0 Å². The van der Waals surface area contributed by atoms with Gasteiger partial charge in [-0.1, -0.05) is 18.2 Å². The van der Waals surface area contributed by atoms with Crippen LogP contribution in [-0.4, -0.2) is 38.8 Å². The highest BCUT2D eigenvalue weighted by Gasteiger charge is 2.33. The average molecular weight is 470 g/mol. The molecule has 3 aromatic rings. The van der Waals surface area contributed by atoms with Crippen molar-refractivity contribution < 1.29 is 18.0 Å². The number of benzene rings is 1. The monoisotopic (exact) mass is 469 g/mol. The highest BCUT2D eigenvalue weighted by Crippen LogP contribution is 2.35. The quantitative estimate of drug-likeness (QED) is 0.549. The van der Waals surface area contributed by atoms with E-state index in [1.54, 1.807) is 31.0 Å². The van der Waals surface area contributed by atoms with Crippen molar-refractivity contribution in [3.8, 4) is 0 Å². The first kappa shape index (κ1) is 23.7. The molecule has 34 heavy (non-hydrogen) atoms. The Morgan fingerprint density at radius 2 is 1.97 bits per heavy atom. The maximum absolute atomic E-state index is 13.4. The van der Waals surface area contributed by atoms with Crippen molar-refractivity contribution in [1.82, 2.24) is 19.9 Å². The Morgan fingerprint density at radius 3 is 2.62 bits per heavy atom. The molecule has 0 radical (unpaired) electrons. The summed E-state index contributed by atoms with van der Waals surface area (Å²) in [4.78, 5) is 26.8. The zero-order valence-corrected chi connectivity index (χ0v) is 19.5. The van der Waals surface area contributed by atoms with Gasteiger partial charge in [-0.2, -0.15) is 13.2 Å². The van der Waals surface area contributed by atoms with E-state index in [1.807, 2.05) is 19.1 Å². The Morgan fingerprint density at radius 1 is 1.21 bits per heavy atom. The van der Waals surface area contributed by atoms with Crippen LogP contribution in [0.3, 0.4) is 0 Å². The number of carbonyl (C=O) groups excluding carboxylic acids is 1. The summed E-state index contributed by atoms with van der Waals surface area (Å²) in [5, 5.41) is 3.97. The van der Waals surface area contributed by atoms with Gasteiger partial charge in [0.25, 0.3) is 0 Å². The molecule has 1 atom stereocenters. The van der Waals surface area contributed by atoms with E-state index in [0.717, 1.165) is 17.2 Å². The lowest BCUT2D eigenvalue weighted by Gasteiger charge is -2.25. The minimum atomic E-state index is -4.41. The molecule has 4 rings (SSSR count). The van der Waals surface area contributed by atoms with E-state index in [0.29, 0.717) is 47.7 Å². The van der Waals surface area contributed by atoms with Gasteiger partial charge in [0.1, 0.15) is 11.6 Å². The molecule has 1 unspecified atom stereocenters. The fourth-order valence-electron chi connectivity index (χ4n) is 4.34. The summed E-state index contributed by atoms with van der Waals surface area (Å²) in [6.07, 6.45) is 0.0727. The molecule has 2 aromatic heterocycles. The van der Waals surface area contributed by atoms with Gasteiger partial charge in [-0.3, -0.25) is 4.79 Å². The SMILES string of the molecule is CC(=O)N1CC=C(c2cnc3nc(C)nc(NC(C)c4cccc(C(F)(F)F)c4C)c3c2)CC1. The summed E-state index contributed by atoms with van der Waals surface area (Å²) in [5.41, 5.74) is 2.59. The van der Waals surface area contributed by atoms with Gasteiger partial charge in [0.15, 0.2) is 5.65 Å². The number of hydrogen-bond acceptors (Lipinski definition) is 5. The molecule has 0 aliphatic carbocycles. The fourth-order valence-corrected chi connectivity index (χ4v) is 4.34. The standard InChI is InChI=1S/C25H26F3N5O/c1-14-20(6-5-7-22(14)25(26,27)28)15(2)30-24-21-12-19(13-29-23(21)31-16(3)32-24)18-8-10-33(11-9-18)17(4)34/h5-8,12-13,15H,9-11H2,1-4H3,(H,29,30,31,32). The lowest BCUT2D eigenvalue weighted by atomic mass is 9.97. The van der Waals surface area contributed by atoms with E-state index in [4.69, 9.17) is 0 Å². The number of aryl methyl sites for hydroxylation is 1. The van der Waals surface area contributed by atoms with Gasteiger partial charge in [-0.05, 0) is 61.6 Å². The van der Waals surface area contributed by atoms with Crippen LogP contribution in [0.1, 0.15) is 54.4 Å². The number of amides is 1. The predicted molar refractivity (Wildman–Crippen MR) is 125 cm³/mol. The fraction of sp³-hybridized carbons (Fsp3) is 0.360. The Bertz CT molecular complexity index is 1290. The molecule has 0 fully saturated rings. The second kappa shape index (κ2) is 9.04. The summed E-state index contributed by atoms with van der Waals surface area (Å²) in [6.45, 7) is 7.79. The zero-order chi connectivity index (χ0) is 24.6. The Labute approximate surface area is 195 Å². The number of carbonyl (C=O) groups is 1. The van der Waals surface area contributed by atoms with Gasteiger partial charge in [0, 0.05) is 26.2 Å². The molecule has 1 aliphatic heterocycles. The van der Waals surface area contributed by atoms with Crippen molar-refractivity contribution in [2.45, 2.75) is 46.3 Å². The first-order valence-electron chi connectivity index (χ1n) is 11.1. The molecule has 6 nitrogen and oxygen atoms in total. The molecule has 3 heterocycles. The van der Waals surface area contributed by atoms with Crippen LogP contribution >= 0.6 is 0 Å². The van der Waals surface area contributed by atoms with Crippen LogP contribution in [0.4, 0.5) is 19.0 Å². The van der Waals surface area contributed by atoms with Gasteiger partial charge < -0.3 is 10.2 Å². The van der Waals surface area contributed by atoms with Crippen LogP contribution in [-0.2, 0) is 11.0 Å². The van der Waals surface area contributed by atoms with Crippen molar-refractivity contribution in [3.63, 3.8) is 0 Å². The first-order valence-corrected chi connectivity index (χ1v) is 11.1. The number of anilines is 1. The molecule has 1 aromatic carbocycles. The molecule has 9 heteroatoms. The van der Waals surface area contributed by atoms with Crippen molar-refractivity contribution in [3.05, 3.63) is 64.6 Å². The van der Waals surface area contributed by atoms with Gasteiger partial charge in [0.2, 0.25) is 5.91 Å². The maximum atomic E-state index is 13.4. The molecular formula is C25H26F3N5O. The van der Waals surface area contributed by atoms with Crippen LogP contribution in [0.15, 0.2) is 36.5 Å². The Hall–Kier alpha value is -3.49. The molecule has 178 valence electrons. The summed E-state index contributed by atoms with van der Waals surface area (Å²) in [6, 6.07) is 5.73. The molecular weight excluding hydrogens is 443 g/mol. The third kappa shape index (κ3) is 4.73. The molecule has 0 bridgehead atoms. The summed E-state index contributed by atoms with van der Waals surface area (Å²) in [5.74, 6) is 1.07. The number of nitrogens with one attached hydrogen (secondary N) is 1. The van der Waals surface area contributed by atoms with E-state index in [9.17, 15) is 18.0 Å². The lowest BCUT2D eigenvalue weighted by Crippen LogP contribution is -2.32. The number of fused-ring (bicyclic) bond motifs is 1. The largest absolute Gasteiger partial charge is 0.416 e. The predicted octanol–water partition coefficient (Wildman–Crippen LogP) is 5.47. The van der Waals surface area contributed by atoms with Gasteiger partial charge >= 0.3 is 6.18 Å². The summed E-state index contributed by atoms with van der Waals surface area (Å²) < 4.78 is 40.2. The maximum Gasteiger partial charge on any atom is 0.416 e. The van der Waals surface area contributed by atoms with Crippen LogP contribution in [0.5, 0.6) is 0 Å². The molecule has 1 amide bonds. The Kier molecular flexibility index (Phi) is 6.29. The number of pyridine rings is 1. The highest BCUT2D eigenvalue weighted by atomic mass is 19.4. The minimum absolute atomic E-state index is 0.0428. The number of halogens is 3. The first-order chi connectivity index (χ1) is 16.0. The number of rotatable bonds is 4. The number of hydrogen-bond donors (Lipinski definition) is 1. The van der Waals surface area contributed by atoms with E-state index in [2.05, 4.69) is 20.3 Å². The van der Waals surface area contributed by atoms with Gasteiger partial charge in [-0.25, -0.2) is 15.0 Å². The van der Waals surface area contributed by atoms with Crippen LogP contribution in [0.25, 0.3) is 16.6 Å². The van der Waals surface area contributed by atoms with E-state index >= 15 is 0 Å². The topological polar surface area (TPSA) is 71.0 Å². The summed E-state index contributed by atoms with van der Waals surface area (Å²) in [7, 11) is 0. The van der Waals surface area contributed by atoms with Crippen LogP contribution in [0.2, 0.25) is 0 Å². The van der Waals surface area contributed by atoms with Crippen molar-refractivity contribution in [2.24, 2.45) is 0 Å². The second-order valence-corrected chi connectivity index (χ2v) is 8.54. The summed E-state index contributed by atoms with van der Waals surface area (Å²) >= 11 is 0. The second-order valence-electron chi connectivity index (χ2n) is 8.54. The lowest BCUT2D eigenvalue weighted by molar-refractivity contribution is -0.138. The van der Waals surface area contributed by atoms with Crippen molar-refractivity contribution >= 4 is 28.3 Å². The van der Waals surface area contributed by atoms with E-state index in [1.165, 1.54) is 13.0 Å². The normalized spacial score (nSPS) is 15.3. The van der Waals surface area contributed by atoms with E-state index < -0.39 is 17.8 Å². The van der Waals surface area contributed by atoms with Crippen LogP contribution < -0.4 is 5.32 Å². The van der Waals surface area contributed by atoms with Crippen molar-refractivity contribution in [2.75, 3.05) is 18.4 Å². The smallest absolute Gasteiger partial charge is 0.363 e. The minimum Gasteiger partial charge on any atom is -0.363 e. The highest BCUT2D eigenvalue weighted by molar-refractivity contribution is 5.89. The number of alkyl halides is 3. The Balaban J connectivity index is 1.69. The number of aromatic nitrogens is 3. The zero-order valence-electron chi connectivity index (χ0n) is 19.5. The molecule has 1 N–H and O–H groups in total. The average Bonchev–Trinajstić information content (AvgIpc) is 2.78. The van der Waals surface area contributed by atoms with Crippen molar-refractivity contribution in [1.29, 1.82) is 0 Å². The molecule has 0 saturated heterocycles. The number of nitrogens with zero attached hydrogens (tertiary/aromatic N) is 4. The third-order valence-corrected chi connectivity index (χ3v) is 6.19. The molecule has 0 spiro atoms. The van der Waals surface area contributed by atoms with Gasteiger partial charge in [-0.15, -0.1) is 0 Å². The molecule has 1 aliphatic rings. The van der Waals surface area contributed by atoms with Crippen LogP contribution in [0, 0.1) is 13.8 Å². The molecule has 0 saturated carbocycles. The third-order valence-electron chi connectivity index (χ3n) is 6.19. The van der Waals surface area contributed by atoms with E-state index in [-0.39, 0.29) is 11.5 Å².